The molecule has 6 rings (SSSR count). The molecule has 1 aliphatic heterocycles. The van der Waals surface area contributed by atoms with Crippen molar-refractivity contribution in [1.82, 2.24) is 19.7 Å². The fourth-order valence-corrected chi connectivity index (χ4v) is 5.56. The quantitative estimate of drug-likeness (QED) is 0.680. The second-order valence-electron chi connectivity index (χ2n) is 10.2. The van der Waals surface area contributed by atoms with Crippen LogP contribution >= 0.6 is 0 Å². The minimum Gasteiger partial charge on any atom is -0.390 e. The van der Waals surface area contributed by atoms with Gasteiger partial charge in [0, 0.05) is 23.9 Å². The number of aromatic nitrogens is 4. The van der Waals surface area contributed by atoms with Crippen LogP contribution in [0.1, 0.15) is 38.7 Å². The van der Waals surface area contributed by atoms with Crippen LogP contribution in [-0.2, 0) is 5.41 Å². The number of alkyl halides is 1. The van der Waals surface area contributed by atoms with Gasteiger partial charge in [-0.15, -0.1) is 0 Å². The van der Waals surface area contributed by atoms with Crippen molar-refractivity contribution in [2.75, 3.05) is 18.0 Å². The molecule has 1 saturated heterocycles. The minimum atomic E-state index is -1.13. The first-order valence-corrected chi connectivity index (χ1v) is 11.1. The number of hydrogen-bond acceptors (Lipinski definition) is 6. The van der Waals surface area contributed by atoms with Gasteiger partial charge < -0.3 is 10.0 Å². The molecule has 3 aromatic rings. The standard InChI is InChI=1S/C24H25FN6O/c1-22(2,32)17-10-30(11-18(17)25)20-8-21(28-14-27-20)31-19-7-16(4-3-15(19)9-29-31)24(13-26)12-23(24)5-6-23/h3-4,7-9,14,17-18,32H,5-6,10-12H2,1-2H3/t17?,18?,24-/m1/s1. The third-order valence-electron chi connectivity index (χ3n) is 7.83. The fraction of sp³-hybridized carbons (Fsp3) is 0.500. The number of rotatable bonds is 4. The summed E-state index contributed by atoms with van der Waals surface area (Å²) < 4.78 is 16.3. The number of nitrogens with zero attached hydrogens (tertiary/aromatic N) is 6. The maximum Gasteiger partial charge on any atom is 0.159 e. The second-order valence-corrected chi connectivity index (χ2v) is 10.2. The molecule has 32 heavy (non-hydrogen) atoms. The zero-order valence-corrected chi connectivity index (χ0v) is 18.2. The maximum absolute atomic E-state index is 14.6. The molecule has 2 unspecified atom stereocenters. The van der Waals surface area contributed by atoms with Crippen molar-refractivity contribution >= 4 is 16.7 Å². The van der Waals surface area contributed by atoms with Gasteiger partial charge in [-0.2, -0.15) is 10.4 Å². The smallest absolute Gasteiger partial charge is 0.159 e. The lowest BCUT2D eigenvalue weighted by molar-refractivity contribution is -0.000243. The van der Waals surface area contributed by atoms with Gasteiger partial charge in [0.15, 0.2) is 5.82 Å². The molecule has 3 fully saturated rings. The third-order valence-corrected chi connectivity index (χ3v) is 7.83. The Morgan fingerprint density at radius 1 is 1.19 bits per heavy atom. The molecule has 2 aromatic heterocycles. The van der Waals surface area contributed by atoms with E-state index in [1.54, 1.807) is 30.8 Å². The molecule has 0 amide bonds. The van der Waals surface area contributed by atoms with Gasteiger partial charge in [-0.05, 0) is 50.2 Å². The molecule has 1 aromatic carbocycles. The van der Waals surface area contributed by atoms with Crippen LogP contribution in [0.5, 0.6) is 0 Å². The molecule has 164 valence electrons. The van der Waals surface area contributed by atoms with E-state index in [9.17, 15) is 14.8 Å². The Bertz CT molecular complexity index is 1270. The highest BCUT2D eigenvalue weighted by molar-refractivity contribution is 5.82. The number of benzene rings is 1. The molecule has 0 radical (unpaired) electrons. The number of aliphatic hydroxyl groups is 1. The molecule has 3 atom stereocenters. The highest BCUT2D eigenvalue weighted by atomic mass is 19.1. The van der Waals surface area contributed by atoms with E-state index in [0.717, 1.165) is 35.7 Å². The molecule has 3 aliphatic rings. The largest absolute Gasteiger partial charge is 0.390 e. The van der Waals surface area contributed by atoms with E-state index in [1.807, 2.05) is 11.0 Å². The summed E-state index contributed by atoms with van der Waals surface area (Å²) in [6, 6.07) is 10.5. The summed E-state index contributed by atoms with van der Waals surface area (Å²) in [5.41, 5.74) is 0.664. The summed E-state index contributed by atoms with van der Waals surface area (Å²) in [6.07, 6.45) is 5.32. The molecule has 8 heteroatoms. The Hall–Kier alpha value is -3.05. The normalized spacial score (nSPS) is 28.3. The molecule has 0 bridgehead atoms. The van der Waals surface area contributed by atoms with Crippen molar-refractivity contribution in [3.05, 3.63) is 42.4 Å². The predicted molar refractivity (Wildman–Crippen MR) is 117 cm³/mol. The van der Waals surface area contributed by atoms with Crippen LogP contribution in [0.15, 0.2) is 36.8 Å². The van der Waals surface area contributed by atoms with E-state index >= 15 is 0 Å². The highest BCUT2D eigenvalue weighted by Crippen LogP contribution is 2.78. The van der Waals surface area contributed by atoms with Crippen LogP contribution in [0.2, 0.25) is 0 Å². The Morgan fingerprint density at radius 2 is 1.97 bits per heavy atom. The van der Waals surface area contributed by atoms with Crippen LogP contribution < -0.4 is 4.90 Å². The lowest BCUT2D eigenvalue weighted by atomic mass is 9.89. The lowest BCUT2D eigenvalue weighted by Crippen LogP contribution is -2.37. The van der Waals surface area contributed by atoms with Crippen LogP contribution in [0.4, 0.5) is 10.2 Å². The fourth-order valence-electron chi connectivity index (χ4n) is 5.56. The Morgan fingerprint density at radius 3 is 2.62 bits per heavy atom. The van der Waals surface area contributed by atoms with Gasteiger partial charge in [-0.3, -0.25) is 0 Å². The first-order chi connectivity index (χ1) is 15.3. The molecule has 7 nitrogen and oxygen atoms in total. The van der Waals surface area contributed by atoms with Crippen LogP contribution in [-0.4, -0.2) is 49.7 Å². The van der Waals surface area contributed by atoms with Crippen LogP contribution in [0.25, 0.3) is 16.7 Å². The molecule has 3 heterocycles. The monoisotopic (exact) mass is 432 g/mol. The molecule has 1 spiro atoms. The molecular weight excluding hydrogens is 407 g/mol. The van der Waals surface area contributed by atoms with E-state index in [1.165, 1.54) is 6.33 Å². The van der Waals surface area contributed by atoms with Crippen molar-refractivity contribution in [1.29, 1.82) is 5.26 Å². The minimum absolute atomic E-state index is 0.182. The van der Waals surface area contributed by atoms with Crippen molar-refractivity contribution < 1.29 is 9.50 Å². The van der Waals surface area contributed by atoms with Crippen molar-refractivity contribution in [2.24, 2.45) is 11.3 Å². The van der Waals surface area contributed by atoms with E-state index in [0.29, 0.717) is 18.2 Å². The molecule has 2 saturated carbocycles. The summed E-state index contributed by atoms with van der Waals surface area (Å²) in [6.45, 7) is 3.86. The van der Waals surface area contributed by atoms with E-state index in [-0.39, 0.29) is 17.4 Å². The highest BCUT2D eigenvalue weighted by Gasteiger charge is 2.75. The average molecular weight is 433 g/mol. The van der Waals surface area contributed by atoms with Crippen molar-refractivity contribution in [3.63, 3.8) is 0 Å². The Balaban J connectivity index is 1.36. The number of fused-ring (bicyclic) bond motifs is 1. The summed E-state index contributed by atoms with van der Waals surface area (Å²) in [7, 11) is 0. The second kappa shape index (κ2) is 6.26. The van der Waals surface area contributed by atoms with E-state index in [2.05, 4.69) is 33.3 Å². The summed E-state index contributed by atoms with van der Waals surface area (Å²) in [4.78, 5) is 10.6. The van der Waals surface area contributed by atoms with Gasteiger partial charge in [-0.25, -0.2) is 19.0 Å². The predicted octanol–water partition coefficient (Wildman–Crippen LogP) is 3.31. The molecular formula is C24H25FN6O. The lowest BCUT2D eigenvalue weighted by Gasteiger charge is -2.26. The average Bonchev–Trinajstić information content (AvgIpc) is 3.57. The summed E-state index contributed by atoms with van der Waals surface area (Å²) >= 11 is 0. The third kappa shape index (κ3) is 2.70. The molecule has 1 N–H and O–H groups in total. The zero-order chi connectivity index (χ0) is 22.3. The van der Waals surface area contributed by atoms with E-state index in [4.69, 9.17) is 0 Å². The van der Waals surface area contributed by atoms with Crippen molar-refractivity contribution in [2.45, 2.75) is 50.3 Å². The topological polar surface area (TPSA) is 90.9 Å². The first kappa shape index (κ1) is 19.6. The van der Waals surface area contributed by atoms with Gasteiger partial charge >= 0.3 is 0 Å². The van der Waals surface area contributed by atoms with Gasteiger partial charge in [0.1, 0.15) is 18.3 Å². The number of anilines is 1. The van der Waals surface area contributed by atoms with Crippen LogP contribution in [0.3, 0.4) is 0 Å². The Labute approximate surface area is 185 Å². The zero-order valence-electron chi connectivity index (χ0n) is 18.2. The van der Waals surface area contributed by atoms with E-state index < -0.39 is 17.7 Å². The van der Waals surface area contributed by atoms with Gasteiger partial charge in [0.25, 0.3) is 0 Å². The number of hydrogen-bond donors (Lipinski definition) is 1. The number of nitriles is 1. The van der Waals surface area contributed by atoms with Crippen LogP contribution in [0, 0.1) is 22.7 Å². The number of halogens is 1. The van der Waals surface area contributed by atoms with Gasteiger partial charge in [0.2, 0.25) is 0 Å². The first-order valence-electron chi connectivity index (χ1n) is 11.1. The van der Waals surface area contributed by atoms with Crippen molar-refractivity contribution in [3.8, 4) is 11.9 Å². The van der Waals surface area contributed by atoms with Gasteiger partial charge in [-0.1, -0.05) is 12.1 Å². The Kier molecular flexibility index (Phi) is 3.84. The molecule has 2 aliphatic carbocycles. The van der Waals surface area contributed by atoms with Gasteiger partial charge in [0.05, 0.1) is 35.3 Å². The maximum atomic E-state index is 14.6. The summed E-state index contributed by atoms with van der Waals surface area (Å²) in [5.74, 6) is 0.716. The SMILES string of the molecule is CC(C)(O)C1CN(c2cc(-n3ncc4ccc([C@]5(C#N)CC56CC6)cc43)ncn2)CC1F. The summed E-state index contributed by atoms with van der Waals surface area (Å²) in [5, 5.41) is 25.7.